The number of hydrogen-bond donors (Lipinski definition) is 1. The van der Waals surface area contributed by atoms with Gasteiger partial charge in [0.25, 0.3) is 0 Å². The zero-order valence-corrected chi connectivity index (χ0v) is 8.17. The van der Waals surface area contributed by atoms with E-state index in [-0.39, 0.29) is 11.8 Å². The highest BCUT2D eigenvalue weighted by Crippen LogP contribution is 2.14. The Balaban J connectivity index is 3.85. The molecule has 0 aliphatic heterocycles. The molecule has 3 nitrogen and oxygen atoms in total. The number of hydrogen-bond acceptors (Lipinski definition) is 2. The van der Waals surface area contributed by atoms with E-state index in [2.05, 4.69) is 6.92 Å². The quantitative estimate of drug-likeness (QED) is 0.658. The first-order valence-electron chi connectivity index (χ1n) is 4.45. The summed E-state index contributed by atoms with van der Waals surface area (Å²) < 4.78 is 5.00. The van der Waals surface area contributed by atoms with E-state index in [1.807, 2.05) is 6.92 Å². The van der Waals surface area contributed by atoms with E-state index in [4.69, 9.17) is 10.5 Å². The maximum Gasteiger partial charge on any atom is 0.246 e. The normalized spacial score (nSPS) is 15.6. The molecule has 0 spiro atoms. The van der Waals surface area contributed by atoms with Crippen molar-refractivity contribution < 1.29 is 9.53 Å². The van der Waals surface area contributed by atoms with Crippen LogP contribution in [0, 0.1) is 5.92 Å². The van der Waals surface area contributed by atoms with Crippen molar-refractivity contribution in [2.75, 3.05) is 7.11 Å². The Labute approximate surface area is 74.3 Å². The van der Waals surface area contributed by atoms with Crippen LogP contribution in [0.4, 0.5) is 0 Å². The minimum absolute atomic E-state index is 0.229. The van der Waals surface area contributed by atoms with Crippen molar-refractivity contribution in [3.05, 3.63) is 0 Å². The van der Waals surface area contributed by atoms with Crippen molar-refractivity contribution in [1.82, 2.24) is 0 Å². The van der Waals surface area contributed by atoms with Crippen molar-refractivity contribution in [3.63, 3.8) is 0 Å². The highest BCUT2D eigenvalue weighted by Gasteiger charge is 2.21. The zero-order chi connectivity index (χ0) is 9.56. The van der Waals surface area contributed by atoms with Crippen LogP contribution >= 0.6 is 0 Å². The Bertz CT molecular complexity index is 136. The molecule has 2 atom stereocenters. The molecule has 1 amide bonds. The van der Waals surface area contributed by atoms with Gasteiger partial charge in [0.2, 0.25) is 5.91 Å². The molecule has 0 aromatic heterocycles. The second-order valence-electron chi connectivity index (χ2n) is 3.18. The molecule has 0 aliphatic carbocycles. The molecule has 0 saturated carbocycles. The van der Waals surface area contributed by atoms with Gasteiger partial charge in [-0.05, 0) is 12.3 Å². The molecule has 0 aromatic rings. The lowest BCUT2D eigenvalue weighted by atomic mass is 9.98. The Morgan fingerprint density at radius 3 is 2.50 bits per heavy atom. The summed E-state index contributed by atoms with van der Waals surface area (Å²) in [5.41, 5.74) is 5.16. The average molecular weight is 173 g/mol. The Morgan fingerprint density at radius 2 is 2.17 bits per heavy atom. The van der Waals surface area contributed by atoms with Gasteiger partial charge >= 0.3 is 0 Å². The van der Waals surface area contributed by atoms with E-state index in [0.29, 0.717) is 0 Å². The molecular weight excluding hydrogens is 154 g/mol. The molecule has 0 fully saturated rings. The third-order valence-electron chi connectivity index (χ3n) is 2.06. The molecule has 2 unspecified atom stereocenters. The third-order valence-corrected chi connectivity index (χ3v) is 2.06. The number of amides is 1. The number of nitrogens with two attached hydrogens (primary N) is 1. The molecule has 0 rings (SSSR count). The fourth-order valence-electron chi connectivity index (χ4n) is 1.31. The number of carbonyl (C=O) groups excluding carboxylic acids is 1. The summed E-state index contributed by atoms with van der Waals surface area (Å²) in [6.07, 6.45) is 2.84. The molecule has 0 radical (unpaired) electrons. The molecule has 0 aromatic carbocycles. The van der Waals surface area contributed by atoms with Crippen LogP contribution in [0.15, 0.2) is 0 Å². The van der Waals surface area contributed by atoms with Gasteiger partial charge in [-0.25, -0.2) is 0 Å². The molecule has 0 saturated heterocycles. The molecule has 0 aliphatic rings. The van der Waals surface area contributed by atoms with Gasteiger partial charge in [0.05, 0.1) is 0 Å². The summed E-state index contributed by atoms with van der Waals surface area (Å²) in [6.45, 7) is 4.12. The Hall–Kier alpha value is -0.570. The van der Waals surface area contributed by atoms with Crippen LogP contribution in [0.1, 0.15) is 33.1 Å². The van der Waals surface area contributed by atoms with Gasteiger partial charge in [-0.1, -0.05) is 26.7 Å². The predicted octanol–water partition coefficient (Wildman–Crippen LogP) is 1.31. The molecule has 3 heteroatoms. The number of carbonyl (C=O) groups is 1. The SMILES string of the molecule is CCCCC(C)C(OC)C(N)=O. The van der Waals surface area contributed by atoms with E-state index in [1.165, 1.54) is 7.11 Å². The Kier molecular flexibility index (Phi) is 5.72. The second-order valence-corrected chi connectivity index (χ2v) is 3.18. The van der Waals surface area contributed by atoms with Crippen LogP contribution in [0.2, 0.25) is 0 Å². The largest absolute Gasteiger partial charge is 0.371 e. The predicted molar refractivity (Wildman–Crippen MR) is 48.7 cm³/mol. The van der Waals surface area contributed by atoms with Gasteiger partial charge < -0.3 is 10.5 Å². The fraction of sp³-hybridized carbons (Fsp3) is 0.889. The van der Waals surface area contributed by atoms with Crippen molar-refractivity contribution in [3.8, 4) is 0 Å². The fourth-order valence-corrected chi connectivity index (χ4v) is 1.31. The highest BCUT2D eigenvalue weighted by atomic mass is 16.5. The Morgan fingerprint density at radius 1 is 1.58 bits per heavy atom. The summed E-state index contributed by atoms with van der Waals surface area (Å²) >= 11 is 0. The van der Waals surface area contributed by atoms with Crippen LogP contribution in [-0.4, -0.2) is 19.1 Å². The highest BCUT2D eigenvalue weighted by molar-refractivity contribution is 5.79. The third kappa shape index (κ3) is 3.72. The maximum absolute atomic E-state index is 10.8. The van der Waals surface area contributed by atoms with Gasteiger partial charge in [0, 0.05) is 7.11 Å². The van der Waals surface area contributed by atoms with Crippen LogP contribution < -0.4 is 5.73 Å². The molecular formula is C9H19NO2. The van der Waals surface area contributed by atoms with Crippen molar-refractivity contribution in [2.45, 2.75) is 39.2 Å². The second kappa shape index (κ2) is 6.00. The summed E-state index contributed by atoms with van der Waals surface area (Å²) in [7, 11) is 1.53. The van der Waals surface area contributed by atoms with E-state index < -0.39 is 6.10 Å². The van der Waals surface area contributed by atoms with Crippen LogP contribution in [-0.2, 0) is 9.53 Å². The van der Waals surface area contributed by atoms with E-state index in [9.17, 15) is 4.79 Å². The van der Waals surface area contributed by atoms with Gasteiger partial charge in [-0.2, -0.15) is 0 Å². The lowest BCUT2D eigenvalue weighted by molar-refractivity contribution is -0.130. The van der Waals surface area contributed by atoms with Crippen molar-refractivity contribution >= 4 is 5.91 Å². The first kappa shape index (κ1) is 11.4. The summed E-state index contributed by atoms with van der Waals surface area (Å²) in [5, 5.41) is 0. The standard InChI is InChI=1S/C9H19NO2/c1-4-5-6-7(2)8(12-3)9(10)11/h7-8H,4-6H2,1-3H3,(H2,10,11). The van der Waals surface area contributed by atoms with Crippen LogP contribution in [0.3, 0.4) is 0 Å². The lowest BCUT2D eigenvalue weighted by Crippen LogP contribution is -2.35. The summed E-state index contributed by atoms with van der Waals surface area (Å²) in [5.74, 6) is -0.131. The van der Waals surface area contributed by atoms with Crippen molar-refractivity contribution in [1.29, 1.82) is 0 Å². The van der Waals surface area contributed by atoms with E-state index >= 15 is 0 Å². The number of primary amides is 1. The first-order chi connectivity index (χ1) is 5.63. The summed E-state index contributed by atoms with van der Waals surface area (Å²) in [4.78, 5) is 10.8. The van der Waals surface area contributed by atoms with Crippen molar-refractivity contribution in [2.24, 2.45) is 11.7 Å². The molecule has 72 valence electrons. The van der Waals surface area contributed by atoms with Gasteiger partial charge in [-0.3, -0.25) is 4.79 Å². The van der Waals surface area contributed by atoms with E-state index in [1.54, 1.807) is 0 Å². The van der Waals surface area contributed by atoms with Crippen LogP contribution in [0.25, 0.3) is 0 Å². The summed E-state index contributed by atoms with van der Waals surface area (Å²) in [6, 6.07) is 0. The maximum atomic E-state index is 10.8. The first-order valence-corrected chi connectivity index (χ1v) is 4.45. The number of rotatable bonds is 6. The van der Waals surface area contributed by atoms with Gasteiger partial charge in [-0.15, -0.1) is 0 Å². The minimum Gasteiger partial charge on any atom is -0.371 e. The van der Waals surface area contributed by atoms with E-state index in [0.717, 1.165) is 19.3 Å². The number of ether oxygens (including phenoxy) is 1. The minimum atomic E-state index is -0.420. The van der Waals surface area contributed by atoms with Crippen LogP contribution in [0.5, 0.6) is 0 Å². The molecule has 2 N–H and O–H groups in total. The van der Waals surface area contributed by atoms with Gasteiger partial charge in [0.15, 0.2) is 0 Å². The zero-order valence-electron chi connectivity index (χ0n) is 8.17. The average Bonchev–Trinajstić information content (AvgIpc) is 2.01. The number of methoxy groups -OCH3 is 1. The molecule has 0 bridgehead atoms. The monoisotopic (exact) mass is 173 g/mol. The molecule has 12 heavy (non-hydrogen) atoms. The van der Waals surface area contributed by atoms with Gasteiger partial charge in [0.1, 0.15) is 6.10 Å². The molecule has 0 heterocycles. The topological polar surface area (TPSA) is 52.3 Å². The smallest absolute Gasteiger partial charge is 0.246 e. The number of unbranched alkanes of at least 4 members (excludes halogenated alkanes) is 1. The lowest BCUT2D eigenvalue weighted by Gasteiger charge is -2.18.